The standard InChI is InChI=1S/C31H20N2.C13H16N2.CH3F/c1-2-8-20(9-3-1)29(30-27-16-23-12-6-4-10-21(23)14-25(27)18-32-30)31-28-17-24-13-7-5-11-22(24)15-26(28)19-33-31;1-13(2,3)11-7-4-5-8-12(11)15-10-6-9-14-15;1-2/h1-19,32H;4-10H,1-3H3;1H3/b31-29-;;. The van der Waals surface area contributed by atoms with Gasteiger partial charge in [-0.3, -0.25) is 9.38 Å². The normalized spacial score (nSPS) is 13.1. The van der Waals surface area contributed by atoms with E-state index in [2.05, 4.69) is 158 Å². The van der Waals surface area contributed by atoms with Crippen molar-refractivity contribution in [1.29, 1.82) is 0 Å². The topological polar surface area (TPSA) is 46.0 Å². The molecular weight excluding hydrogens is 616 g/mol. The van der Waals surface area contributed by atoms with Crippen molar-refractivity contribution in [3.8, 4) is 5.69 Å². The first-order valence-corrected chi connectivity index (χ1v) is 16.8. The molecule has 0 fully saturated rings. The molecule has 0 atom stereocenters. The van der Waals surface area contributed by atoms with Gasteiger partial charge in [-0.05, 0) is 74.5 Å². The summed E-state index contributed by atoms with van der Waals surface area (Å²) in [6.07, 6.45) is 7.89. The summed E-state index contributed by atoms with van der Waals surface area (Å²) >= 11 is 0. The average molecular weight is 655 g/mol. The minimum absolute atomic E-state index is 0.141. The lowest BCUT2D eigenvalue weighted by Gasteiger charge is -2.22. The van der Waals surface area contributed by atoms with Gasteiger partial charge < -0.3 is 4.98 Å². The lowest BCUT2D eigenvalue weighted by molar-refractivity contribution is 0.583. The highest BCUT2D eigenvalue weighted by Gasteiger charge is 2.23. The number of halogens is 1. The maximum absolute atomic E-state index is 9.50. The van der Waals surface area contributed by atoms with Gasteiger partial charge in [0.05, 0.1) is 24.3 Å². The quantitative estimate of drug-likeness (QED) is 0.202. The Morgan fingerprint density at radius 3 is 1.96 bits per heavy atom. The fourth-order valence-electron chi connectivity index (χ4n) is 6.72. The third-order valence-electron chi connectivity index (χ3n) is 9.08. The highest BCUT2D eigenvalue weighted by molar-refractivity contribution is 6.14. The number of hydrogen-bond acceptors (Lipinski definition) is 2. The first-order chi connectivity index (χ1) is 24.4. The van der Waals surface area contributed by atoms with Crippen molar-refractivity contribution in [2.24, 2.45) is 4.99 Å². The van der Waals surface area contributed by atoms with Crippen molar-refractivity contribution in [3.05, 3.63) is 180 Å². The molecule has 2 aromatic heterocycles. The summed E-state index contributed by atoms with van der Waals surface area (Å²) in [5, 5.41) is 11.7. The Bertz CT molecular complexity index is 2480. The maximum atomic E-state index is 9.50. The lowest BCUT2D eigenvalue weighted by Crippen LogP contribution is -2.15. The fraction of sp³-hybridized carbons (Fsp3) is 0.111. The van der Waals surface area contributed by atoms with E-state index in [0.29, 0.717) is 7.18 Å². The van der Waals surface area contributed by atoms with Crippen LogP contribution in [0.1, 0.15) is 48.7 Å². The molecule has 50 heavy (non-hydrogen) atoms. The molecule has 3 heterocycles. The van der Waals surface area contributed by atoms with E-state index in [-0.39, 0.29) is 5.41 Å². The van der Waals surface area contributed by atoms with Gasteiger partial charge in [0, 0.05) is 52.3 Å². The molecule has 0 amide bonds. The van der Waals surface area contributed by atoms with Gasteiger partial charge in [0.25, 0.3) is 0 Å². The van der Waals surface area contributed by atoms with Gasteiger partial charge in [-0.15, -0.1) is 0 Å². The number of fused-ring (bicyclic) bond motifs is 4. The predicted molar refractivity (Wildman–Crippen MR) is 209 cm³/mol. The zero-order chi connectivity index (χ0) is 34.7. The van der Waals surface area contributed by atoms with E-state index in [1.165, 1.54) is 49.0 Å². The van der Waals surface area contributed by atoms with Crippen LogP contribution in [0.25, 0.3) is 49.3 Å². The highest BCUT2D eigenvalue weighted by Crippen LogP contribution is 2.41. The molecule has 0 unspecified atom stereocenters. The van der Waals surface area contributed by atoms with Crippen molar-refractivity contribution >= 4 is 49.8 Å². The molecule has 4 nitrogen and oxygen atoms in total. The van der Waals surface area contributed by atoms with Crippen molar-refractivity contribution in [1.82, 2.24) is 14.8 Å². The van der Waals surface area contributed by atoms with Crippen LogP contribution in [0.5, 0.6) is 0 Å². The number of hydrogen-bond donors (Lipinski definition) is 1. The minimum atomic E-state index is 0.141. The van der Waals surface area contributed by atoms with Crippen LogP contribution in [-0.2, 0) is 5.41 Å². The molecule has 8 aromatic rings. The average Bonchev–Trinajstić information content (AvgIpc) is 3.93. The van der Waals surface area contributed by atoms with E-state index in [1.807, 2.05) is 29.2 Å². The van der Waals surface area contributed by atoms with Gasteiger partial charge in [-0.1, -0.05) is 118 Å². The zero-order valence-electron chi connectivity index (χ0n) is 28.7. The molecule has 0 spiro atoms. The second kappa shape index (κ2) is 13.8. The van der Waals surface area contributed by atoms with Gasteiger partial charge >= 0.3 is 0 Å². The lowest BCUT2D eigenvalue weighted by atomic mass is 9.86. The van der Waals surface area contributed by atoms with E-state index >= 15 is 0 Å². The summed E-state index contributed by atoms with van der Waals surface area (Å²) < 4.78 is 11.4. The van der Waals surface area contributed by atoms with Gasteiger partial charge in [-0.25, -0.2) is 4.68 Å². The third kappa shape index (κ3) is 6.26. The maximum Gasteiger partial charge on any atom is 0.0808 e. The van der Waals surface area contributed by atoms with Crippen LogP contribution in [0.3, 0.4) is 0 Å². The molecule has 1 N–H and O–H groups in total. The Hall–Kier alpha value is -6.07. The van der Waals surface area contributed by atoms with Crippen molar-refractivity contribution in [2.75, 3.05) is 7.18 Å². The van der Waals surface area contributed by atoms with Gasteiger partial charge in [0.2, 0.25) is 0 Å². The molecule has 0 aliphatic carbocycles. The number of nitrogens with zero attached hydrogens (tertiary/aromatic N) is 3. The number of rotatable bonds is 3. The summed E-state index contributed by atoms with van der Waals surface area (Å²) in [6.45, 7) is 6.65. The van der Waals surface area contributed by atoms with Crippen LogP contribution in [0.2, 0.25) is 0 Å². The first kappa shape index (κ1) is 32.5. The van der Waals surface area contributed by atoms with E-state index in [4.69, 9.17) is 4.99 Å². The Balaban J connectivity index is 0.000000194. The molecule has 1 aliphatic heterocycles. The Morgan fingerprint density at radius 1 is 0.660 bits per heavy atom. The SMILES string of the molecule is C1=N/C(=C(/c2ccccc2)c2[nH]cc3cc4ccccc4cc23)c2cc3ccccc3cc21.CC(C)(C)c1ccccc1-n1cccn1.CF. The van der Waals surface area contributed by atoms with Gasteiger partial charge in [-0.2, -0.15) is 5.10 Å². The summed E-state index contributed by atoms with van der Waals surface area (Å²) in [4.78, 5) is 8.56. The summed E-state index contributed by atoms with van der Waals surface area (Å²) in [5.41, 5.74) is 9.36. The van der Waals surface area contributed by atoms with E-state index in [9.17, 15) is 4.39 Å². The Morgan fingerprint density at radius 2 is 1.28 bits per heavy atom. The molecule has 0 bridgehead atoms. The van der Waals surface area contributed by atoms with E-state index in [0.717, 1.165) is 28.2 Å². The smallest absolute Gasteiger partial charge is 0.0808 e. The predicted octanol–water partition coefficient (Wildman–Crippen LogP) is 11.6. The number of H-pyrrole nitrogens is 1. The summed E-state index contributed by atoms with van der Waals surface area (Å²) in [5.74, 6) is 0. The van der Waals surface area contributed by atoms with Crippen LogP contribution in [0.4, 0.5) is 4.39 Å². The van der Waals surface area contributed by atoms with Crippen molar-refractivity contribution in [2.45, 2.75) is 26.2 Å². The molecule has 0 saturated heterocycles. The molecule has 0 saturated carbocycles. The molecule has 0 radical (unpaired) electrons. The summed E-state index contributed by atoms with van der Waals surface area (Å²) in [7, 11) is 0.500. The van der Waals surface area contributed by atoms with Gasteiger partial charge in [0.1, 0.15) is 0 Å². The number of para-hydroxylation sites is 1. The highest BCUT2D eigenvalue weighted by atomic mass is 19.1. The number of aliphatic imine (C=N–C) groups is 1. The molecule has 1 aliphatic rings. The number of aromatic amines is 1. The molecule has 9 rings (SSSR count). The number of alkyl halides is 1. The van der Waals surface area contributed by atoms with Crippen molar-refractivity contribution in [3.63, 3.8) is 0 Å². The van der Waals surface area contributed by atoms with Gasteiger partial charge in [0.15, 0.2) is 0 Å². The summed E-state index contributed by atoms with van der Waals surface area (Å²) in [6, 6.07) is 47.0. The van der Waals surface area contributed by atoms with Crippen LogP contribution in [0.15, 0.2) is 157 Å². The first-order valence-electron chi connectivity index (χ1n) is 16.8. The monoisotopic (exact) mass is 654 g/mol. The Kier molecular flexibility index (Phi) is 8.97. The number of nitrogens with one attached hydrogen (secondary N) is 1. The minimum Gasteiger partial charge on any atom is -0.360 e. The largest absolute Gasteiger partial charge is 0.360 e. The number of aromatic nitrogens is 3. The number of benzene rings is 6. The van der Waals surface area contributed by atoms with E-state index in [1.54, 1.807) is 6.20 Å². The van der Waals surface area contributed by atoms with Crippen molar-refractivity contribution < 1.29 is 4.39 Å². The molecule has 6 aromatic carbocycles. The zero-order valence-corrected chi connectivity index (χ0v) is 28.7. The second-order valence-electron chi connectivity index (χ2n) is 13.3. The molecule has 5 heteroatoms. The molecule has 246 valence electrons. The Labute approximate surface area is 292 Å². The third-order valence-corrected chi connectivity index (χ3v) is 9.08. The van der Waals surface area contributed by atoms with Crippen LogP contribution in [0, 0.1) is 0 Å². The van der Waals surface area contributed by atoms with Crippen LogP contribution >= 0.6 is 0 Å². The fourth-order valence-corrected chi connectivity index (χ4v) is 6.72. The van der Waals surface area contributed by atoms with E-state index < -0.39 is 0 Å². The van der Waals surface area contributed by atoms with Crippen LogP contribution < -0.4 is 0 Å². The van der Waals surface area contributed by atoms with Crippen LogP contribution in [-0.4, -0.2) is 28.2 Å². The second-order valence-corrected chi connectivity index (χ2v) is 13.3. The molecular formula is C45H39FN4.